The van der Waals surface area contributed by atoms with Crippen molar-refractivity contribution in [1.82, 2.24) is 5.32 Å². The fourth-order valence-electron chi connectivity index (χ4n) is 1.55. The van der Waals surface area contributed by atoms with Crippen LogP contribution in [0.2, 0.25) is 0 Å². The van der Waals surface area contributed by atoms with E-state index in [0.29, 0.717) is 5.56 Å². The number of rotatable bonds is 3. The van der Waals surface area contributed by atoms with Gasteiger partial charge in [-0.25, -0.2) is 4.39 Å². The van der Waals surface area contributed by atoms with Crippen LogP contribution in [0.1, 0.15) is 24.1 Å². The second kappa shape index (κ2) is 4.53. The van der Waals surface area contributed by atoms with Crippen LogP contribution in [0.4, 0.5) is 4.39 Å². The largest absolute Gasteiger partial charge is 0.391 e. The van der Waals surface area contributed by atoms with Gasteiger partial charge >= 0.3 is 0 Å². The first-order valence-electron chi connectivity index (χ1n) is 4.67. The van der Waals surface area contributed by atoms with E-state index in [9.17, 15) is 9.50 Å². The molecule has 0 aromatic heterocycles. The summed E-state index contributed by atoms with van der Waals surface area (Å²) in [4.78, 5) is 0. The van der Waals surface area contributed by atoms with Crippen LogP contribution >= 0.6 is 0 Å². The topological polar surface area (TPSA) is 32.3 Å². The molecule has 2 nitrogen and oxygen atoms in total. The van der Waals surface area contributed by atoms with Crippen LogP contribution in [0.15, 0.2) is 18.2 Å². The Labute approximate surface area is 83.8 Å². The lowest BCUT2D eigenvalue weighted by molar-refractivity contribution is 0.150. The Balaban J connectivity index is 3.00. The minimum atomic E-state index is -0.495. The van der Waals surface area contributed by atoms with E-state index >= 15 is 0 Å². The van der Waals surface area contributed by atoms with Crippen molar-refractivity contribution in [1.29, 1.82) is 0 Å². The highest BCUT2D eigenvalue weighted by atomic mass is 19.1. The van der Waals surface area contributed by atoms with Crippen molar-refractivity contribution < 1.29 is 9.50 Å². The van der Waals surface area contributed by atoms with E-state index in [1.165, 1.54) is 6.07 Å². The molecule has 0 saturated heterocycles. The Kier molecular flexibility index (Phi) is 3.61. The van der Waals surface area contributed by atoms with Gasteiger partial charge in [0, 0.05) is 0 Å². The predicted molar refractivity (Wildman–Crippen MR) is 54.6 cm³/mol. The fourth-order valence-corrected chi connectivity index (χ4v) is 1.55. The molecule has 3 heteroatoms. The minimum absolute atomic E-state index is 0.144. The monoisotopic (exact) mass is 197 g/mol. The van der Waals surface area contributed by atoms with Crippen molar-refractivity contribution in [3.05, 3.63) is 35.1 Å². The first kappa shape index (κ1) is 11.1. The van der Waals surface area contributed by atoms with Gasteiger partial charge in [0.2, 0.25) is 0 Å². The highest BCUT2D eigenvalue weighted by Crippen LogP contribution is 2.19. The second-order valence-electron chi connectivity index (χ2n) is 3.52. The van der Waals surface area contributed by atoms with Crippen molar-refractivity contribution in [3.63, 3.8) is 0 Å². The Bertz CT molecular complexity index is 312. The Hall–Kier alpha value is -0.930. The minimum Gasteiger partial charge on any atom is -0.391 e. The molecule has 0 heterocycles. The van der Waals surface area contributed by atoms with E-state index in [1.54, 1.807) is 33.0 Å². The molecule has 2 unspecified atom stereocenters. The molecule has 0 saturated carbocycles. The number of hydrogen-bond acceptors (Lipinski definition) is 2. The van der Waals surface area contributed by atoms with Gasteiger partial charge in [-0.3, -0.25) is 0 Å². The molecule has 2 atom stereocenters. The molecule has 14 heavy (non-hydrogen) atoms. The van der Waals surface area contributed by atoms with Gasteiger partial charge in [-0.05, 0) is 38.1 Å². The SMILES string of the molecule is CNC(c1ccc(F)c(C)c1)C(C)O. The van der Waals surface area contributed by atoms with Gasteiger partial charge < -0.3 is 10.4 Å². The van der Waals surface area contributed by atoms with Crippen LogP contribution in [0, 0.1) is 12.7 Å². The molecule has 0 aliphatic heterocycles. The number of halogens is 1. The second-order valence-corrected chi connectivity index (χ2v) is 3.52. The number of hydrogen-bond donors (Lipinski definition) is 2. The highest BCUT2D eigenvalue weighted by Gasteiger charge is 2.15. The molecule has 1 aromatic rings. The van der Waals surface area contributed by atoms with E-state index in [1.807, 2.05) is 0 Å². The maximum Gasteiger partial charge on any atom is 0.126 e. The molecule has 1 rings (SSSR count). The summed E-state index contributed by atoms with van der Waals surface area (Å²) in [5, 5.41) is 12.5. The average Bonchev–Trinajstić information content (AvgIpc) is 2.11. The van der Waals surface area contributed by atoms with E-state index in [0.717, 1.165) is 5.56 Å². The van der Waals surface area contributed by atoms with Crippen LogP contribution in [0.25, 0.3) is 0 Å². The summed E-state index contributed by atoms with van der Waals surface area (Å²) in [6.45, 7) is 3.42. The average molecular weight is 197 g/mol. The normalized spacial score (nSPS) is 15.2. The van der Waals surface area contributed by atoms with Crippen LogP contribution in [-0.2, 0) is 0 Å². The summed E-state index contributed by atoms with van der Waals surface area (Å²) in [5.74, 6) is -0.214. The van der Waals surface area contributed by atoms with Crippen molar-refractivity contribution in [2.24, 2.45) is 0 Å². The molecule has 1 aromatic carbocycles. The zero-order chi connectivity index (χ0) is 10.7. The van der Waals surface area contributed by atoms with Crippen LogP contribution < -0.4 is 5.32 Å². The quantitative estimate of drug-likeness (QED) is 0.774. The summed E-state index contributed by atoms with van der Waals surface area (Å²) in [6.07, 6.45) is -0.495. The molecular formula is C11H16FNO. The van der Waals surface area contributed by atoms with Gasteiger partial charge in [0.15, 0.2) is 0 Å². The zero-order valence-corrected chi connectivity index (χ0v) is 8.71. The van der Waals surface area contributed by atoms with Gasteiger partial charge in [-0.2, -0.15) is 0 Å². The molecule has 0 aliphatic carbocycles. The van der Waals surface area contributed by atoms with E-state index < -0.39 is 6.10 Å². The van der Waals surface area contributed by atoms with Crippen molar-refractivity contribution in [2.75, 3.05) is 7.05 Å². The van der Waals surface area contributed by atoms with E-state index in [-0.39, 0.29) is 11.9 Å². The Morgan fingerprint density at radius 3 is 2.50 bits per heavy atom. The number of aliphatic hydroxyl groups is 1. The summed E-state index contributed by atoms with van der Waals surface area (Å²) in [6, 6.07) is 4.73. The fraction of sp³-hybridized carbons (Fsp3) is 0.455. The third kappa shape index (κ3) is 2.30. The molecule has 0 amide bonds. The zero-order valence-electron chi connectivity index (χ0n) is 8.71. The number of benzene rings is 1. The van der Waals surface area contributed by atoms with Gasteiger partial charge in [0.25, 0.3) is 0 Å². The lowest BCUT2D eigenvalue weighted by Gasteiger charge is -2.20. The van der Waals surface area contributed by atoms with Gasteiger partial charge in [0.05, 0.1) is 12.1 Å². The van der Waals surface area contributed by atoms with Crippen molar-refractivity contribution in [2.45, 2.75) is 26.0 Å². The van der Waals surface area contributed by atoms with Gasteiger partial charge in [-0.1, -0.05) is 12.1 Å². The Morgan fingerprint density at radius 1 is 1.43 bits per heavy atom. The Morgan fingerprint density at radius 2 is 2.07 bits per heavy atom. The molecule has 0 aliphatic rings. The number of aryl methyl sites for hydroxylation is 1. The number of likely N-dealkylation sites (N-methyl/N-ethyl adjacent to an activating group) is 1. The summed E-state index contributed by atoms with van der Waals surface area (Å²) in [5.41, 5.74) is 1.50. The summed E-state index contributed by atoms with van der Waals surface area (Å²) >= 11 is 0. The highest BCUT2D eigenvalue weighted by molar-refractivity contribution is 5.27. The lowest BCUT2D eigenvalue weighted by atomic mass is 10.0. The molecule has 2 N–H and O–H groups in total. The van der Waals surface area contributed by atoms with Gasteiger partial charge in [-0.15, -0.1) is 0 Å². The van der Waals surface area contributed by atoms with E-state index in [4.69, 9.17) is 0 Å². The third-order valence-electron chi connectivity index (χ3n) is 2.33. The summed E-state index contributed by atoms with van der Waals surface area (Å²) < 4.78 is 13.0. The van der Waals surface area contributed by atoms with Crippen LogP contribution in [0.5, 0.6) is 0 Å². The maximum atomic E-state index is 13.0. The predicted octanol–water partition coefficient (Wildman–Crippen LogP) is 1.78. The number of aliphatic hydroxyl groups excluding tert-OH is 1. The van der Waals surface area contributed by atoms with Crippen molar-refractivity contribution in [3.8, 4) is 0 Å². The molecule has 0 spiro atoms. The van der Waals surface area contributed by atoms with E-state index in [2.05, 4.69) is 5.32 Å². The number of nitrogens with one attached hydrogen (secondary N) is 1. The lowest BCUT2D eigenvalue weighted by Crippen LogP contribution is -2.27. The molecular weight excluding hydrogens is 181 g/mol. The first-order valence-corrected chi connectivity index (χ1v) is 4.67. The first-order chi connectivity index (χ1) is 6.56. The molecule has 0 fully saturated rings. The molecule has 78 valence electrons. The molecule has 0 radical (unpaired) electrons. The third-order valence-corrected chi connectivity index (χ3v) is 2.33. The standard InChI is InChI=1S/C11H16FNO/c1-7-6-9(4-5-10(7)12)11(13-3)8(2)14/h4-6,8,11,13-14H,1-3H3. The van der Waals surface area contributed by atoms with Crippen molar-refractivity contribution >= 4 is 0 Å². The summed E-state index contributed by atoms with van der Waals surface area (Å²) in [7, 11) is 1.77. The van der Waals surface area contributed by atoms with Crippen LogP contribution in [0.3, 0.4) is 0 Å². The maximum absolute atomic E-state index is 13.0. The van der Waals surface area contributed by atoms with Crippen LogP contribution in [-0.4, -0.2) is 18.3 Å². The smallest absolute Gasteiger partial charge is 0.126 e. The molecule has 0 bridgehead atoms. The van der Waals surface area contributed by atoms with Gasteiger partial charge in [0.1, 0.15) is 5.82 Å².